The number of fused-ring (bicyclic) bond motifs is 2. The molecule has 2 aromatic carbocycles. The second-order valence-corrected chi connectivity index (χ2v) is 6.86. The number of nitrogens with one attached hydrogen (secondary N) is 1. The number of para-hydroxylation sites is 1. The van der Waals surface area contributed by atoms with Gasteiger partial charge in [-0.2, -0.15) is 0 Å². The molecule has 3 aromatic rings. The van der Waals surface area contributed by atoms with Crippen molar-refractivity contribution in [2.24, 2.45) is 0 Å². The Balaban J connectivity index is 1.93. The van der Waals surface area contributed by atoms with Gasteiger partial charge in [0, 0.05) is 35.6 Å². The number of hydrogen-bond donors (Lipinski definition) is 1. The fourth-order valence-electron chi connectivity index (χ4n) is 3.49. The SMILES string of the molecule is CC1(C)CCNc2cc(-n3ccc(=O)c4ccccc43)ccc21. The third-order valence-corrected chi connectivity index (χ3v) is 4.88. The third kappa shape index (κ3) is 2.24. The monoisotopic (exact) mass is 304 g/mol. The van der Waals surface area contributed by atoms with Crippen LogP contribution in [0.2, 0.25) is 0 Å². The van der Waals surface area contributed by atoms with Gasteiger partial charge in [0.1, 0.15) is 0 Å². The van der Waals surface area contributed by atoms with Gasteiger partial charge in [-0.25, -0.2) is 0 Å². The summed E-state index contributed by atoms with van der Waals surface area (Å²) in [6.07, 6.45) is 3.00. The van der Waals surface area contributed by atoms with Crippen molar-refractivity contribution < 1.29 is 0 Å². The van der Waals surface area contributed by atoms with Crippen molar-refractivity contribution in [1.29, 1.82) is 0 Å². The van der Waals surface area contributed by atoms with E-state index in [1.165, 1.54) is 11.3 Å². The Morgan fingerprint density at radius 1 is 1.09 bits per heavy atom. The van der Waals surface area contributed by atoms with E-state index in [1.807, 2.05) is 30.5 Å². The molecule has 3 nitrogen and oxygen atoms in total. The molecule has 0 saturated heterocycles. The second-order valence-electron chi connectivity index (χ2n) is 6.86. The molecule has 4 rings (SSSR count). The van der Waals surface area contributed by atoms with Gasteiger partial charge >= 0.3 is 0 Å². The van der Waals surface area contributed by atoms with Crippen LogP contribution in [0.3, 0.4) is 0 Å². The first-order chi connectivity index (χ1) is 11.1. The average molecular weight is 304 g/mol. The summed E-state index contributed by atoms with van der Waals surface area (Å²) in [5.74, 6) is 0. The summed E-state index contributed by atoms with van der Waals surface area (Å²) in [6, 6.07) is 15.9. The standard InChI is InChI=1S/C20H20N2O/c1-20(2)10-11-21-17-13-14(7-8-16(17)20)22-12-9-19(23)15-5-3-4-6-18(15)22/h3-9,12-13,21H,10-11H2,1-2H3. The van der Waals surface area contributed by atoms with Crippen LogP contribution >= 0.6 is 0 Å². The molecule has 2 heterocycles. The summed E-state index contributed by atoms with van der Waals surface area (Å²) < 4.78 is 2.08. The molecule has 0 atom stereocenters. The molecule has 0 saturated carbocycles. The highest BCUT2D eigenvalue weighted by molar-refractivity contribution is 5.80. The smallest absolute Gasteiger partial charge is 0.189 e. The predicted molar refractivity (Wildman–Crippen MR) is 95.7 cm³/mol. The minimum absolute atomic E-state index is 0.0640. The van der Waals surface area contributed by atoms with E-state index in [0.717, 1.165) is 29.6 Å². The molecule has 0 unspecified atom stereocenters. The van der Waals surface area contributed by atoms with Gasteiger partial charge in [0.25, 0.3) is 0 Å². The molecule has 1 aliphatic heterocycles. The zero-order chi connectivity index (χ0) is 16.0. The second kappa shape index (κ2) is 4.98. The molecular formula is C20H20N2O. The first-order valence-corrected chi connectivity index (χ1v) is 8.05. The maximum Gasteiger partial charge on any atom is 0.189 e. The molecule has 116 valence electrons. The Morgan fingerprint density at radius 3 is 2.78 bits per heavy atom. The van der Waals surface area contributed by atoms with E-state index >= 15 is 0 Å². The summed E-state index contributed by atoms with van der Waals surface area (Å²) in [5.41, 5.74) is 4.83. The van der Waals surface area contributed by atoms with Gasteiger partial charge in [-0.05, 0) is 41.7 Å². The normalized spacial score (nSPS) is 15.9. The Bertz CT molecular complexity index is 953. The lowest BCUT2D eigenvalue weighted by atomic mass is 9.78. The fraction of sp³-hybridized carbons (Fsp3) is 0.250. The molecule has 0 aliphatic carbocycles. The van der Waals surface area contributed by atoms with Gasteiger partial charge in [0.15, 0.2) is 5.43 Å². The highest BCUT2D eigenvalue weighted by atomic mass is 16.1. The molecule has 23 heavy (non-hydrogen) atoms. The van der Waals surface area contributed by atoms with Crippen LogP contribution in [-0.2, 0) is 5.41 Å². The molecule has 0 fully saturated rings. The van der Waals surface area contributed by atoms with Crippen LogP contribution in [0.15, 0.2) is 59.5 Å². The molecule has 3 heteroatoms. The molecule has 0 amide bonds. The Hall–Kier alpha value is -2.55. The van der Waals surface area contributed by atoms with Crippen LogP contribution in [0.5, 0.6) is 0 Å². The number of rotatable bonds is 1. The van der Waals surface area contributed by atoms with Crippen LogP contribution in [0.25, 0.3) is 16.6 Å². The summed E-state index contributed by atoms with van der Waals surface area (Å²) >= 11 is 0. The number of hydrogen-bond acceptors (Lipinski definition) is 2. The van der Waals surface area contributed by atoms with Crippen molar-refractivity contribution in [2.75, 3.05) is 11.9 Å². The van der Waals surface area contributed by atoms with Gasteiger partial charge in [-0.3, -0.25) is 4.79 Å². The number of pyridine rings is 1. The molecule has 1 aromatic heterocycles. The van der Waals surface area contributed by atoms with Crippen molar-refractivity contribution in [3.05, 3.63) is 70.5 Å². The van der Waals surface area contributed by atoms with Crippen LogP contribution < -0.4 is 10.7 Å². The van der Waals surface area contributed by atoms with E-state index < -0.39 is 0 Å². The lowest BCUT2D eigenvalue weighted by Gasteiger charge is -2.33. The zero-order valence-corrected chi connectivity index (χ0v) is 13.5. The van der Waals surface area contributed by atoms with Gasteiger partial charge in [0.05, 0.1) is 5.52 Å². The van der Waals surface area contributed by atoms with Crippen LogP contribution in [0.1, 0.15) is 25.8 Å². The Labute approximate surface area is 135 Å². The minimum Gasteiger partial charge on any atom is -0.385 e. The van der Waals surface area contributed by atoms with E-state index in [-0.39, 0.29) is 10.8 Å². The van der Waals surface area contributed by atoms with E-state index in [4.69, 9.17) is 0 Å². The number of nitrogens with zero attached hydrogens (tertiary/aromatic N) is 1. The van der Waals surface area contributed by atoms with E-state index in [0.29, 0.717) is 0 Å². The fourth-order valence-corrected chi connectivity index (χ4v) is 3.49. The summed E-state index contributed by atoms with van der Waals surface area (Å²) in [7, 11) is 0. The highest BCUT2D eigenvalue weighted by Gasteiger charge is 2.27. The summed E-state index contributed by atoms with van der Waals surface area (Å²) in [5, 5.41) is 4.26. The predicted octanol–water partition coefficient (Wildman–Crippen LogP) is 4.08. The van der Waals surface area contributed by atoms with Crippen molar-refractivity contribution in [3.63, 3.8) is 0 Å². The largest absolute Gasteiger partial charge is 0.385 e. The topological polar surface area (TPSA) is 34.0 Å². The first-order valence-electron chi connectivity index (χ1n) is 8.05. The lowest BCUT2D eigenvalue weighted by molar-refractivity contribution is 0.482. The molecule has 1 N–H and O–H groups in total. The zero-order valence-electron chi connectivity index (χ0n) is 13.5. The quantitative estimate of drug-likeness (QED) is 0.735. The van der Waals surface area contributed by atoms with Gasteiger partial charge in [-0.1, -0.05) is 32.0 Å². The van der Waals surface area contributed by atoms with Crippen molar-refractivity contribution in [3.8, 4) is 5.69 Å². The van der Waals surface area contributed by atoms with E-state index in [2.05, 4.69) is 41.9 Å². The first kappa shape index (κ1) is 14.1. The molecule has 0 radical (unpaired) electrons. The van der Waals surface area contributed by atoms with Gasteiger partial charge in [0.2, 0.25) is 0 Å². The van der Waals surface area contributed by atoms with Crippen molar-refractivity contribution in [1.82, 2.24) is 4.57 Å². The molecule has 0 spiro atoms. The highest BCUT2D eigenvalue weighted by Crippen LogP contribution is 2.37. The van der Waals surface area contributed by atoms with Crippen LogP contribution in [0, 0.1) is 0 Å². The molecular weight excluding hydrogens is 284 g/mol. The number of anilines is 1. The average Bonchev–Trinajstić information content (AvgIpc) is 2.55. The summed E-state index contributed by atoms with van der Waals surface area (Å²) in [4.78, 5) is 12.1. The Kier molecular flexibility index (Phi) is 3.05. The number of aromatic nitrogens is 1. The lowest BCUT2D eigenvalue weighted by Crippen LogP contribution is -2.28. The Morgan fingerprint density at radius 2 is 1.91 bits per heavy atom. The van der Waals surface area contributed by atoms with E-state index in [1.54, 1.807) is 6.07 Å². The van der Waals surface area contributed by atoms with E-state index in [9.17, 15) is 4.79 Å². The maximum absolute atomic E-state index is 12.1. The van der Waals surface area contributed by atoms with Gasteiger partial charge in [-0.15, -0.1) is 0 Å². The van der Waals surface area contributed by atoms with Crippen LogP contribution in [0.4, 0.5) is 5.69 Å². The summed E-state index contributed by atoms with van der Waals surface area (Å²) in [6.45, 7) is 5.58. The number of benzene rings is 2. The van der Waals surface area contributed by atoms with Crippen LogP contribution in [-0.4, -0.2) is 11.1 Å². The maximum atomic E-state index is 12.1. The molecule has 0 bridgehead atoms. The molecule has 1 aliphatic rings. The minimum atomic E-state index is 0.0640. The van der Waals surface area contributed by atoms with Crippen molar-refractivity contribution >= 4 is 16.6 Å². The van der Waals surface area contributed by atoms with Crippen molar-refractivity contribution in [2.45, 2.75) is 25.7 Å². The van der Waals surface area contributed by atoms with Gasteiger partial charge < -0.3 is 9.88 Å². The third-order valence-electron chi connectivity index (χ3n) is 4.88.